The molecular weight excluding hydrogens is 420 g/mol. The Bertz CT molecular complexity index is 826. The largest absolute Gasteiger partial charge is 0.426 e. The number of halogens is 4. The smallest absolute Gasteiger partial charge is 0.419 e. The van der Waals surface area contributed by atoms with Crippen LogP contribution in [-0.4, -0.2) is 5.97 Å². The summed E-state index contributed by atoms with van der Waals surface area (Å²) >= 11 is 0. The molecule has 6 heteroatoms. The van der Waals surface area contributed by atoms with E-state index in [1.165, 1.54) is 38.5 Å². The minimum Gasteiger partial charge on any atom is -0.426 e. The molecule has 176 valence electrons. The number of hydrogen-bond acceptors (Lipinski definition) is 2. The zero-order valence-electron chi connectivity index (χ0n) is 18.4. The van der Waals surface area contributed by atoms with Crippen molar-refractivity contribution < 1.29 is 27.1 Å². The normalized spacial score (nSPS) is 33.2. The fraction of sp³-hybridized carbons (Fsp3) is 0.654. The molecule has 1 aromatic rings. The predicted octanol–water partition coefficient (Wildman–Crippen LogP) is 7.57. The zero-order chi connectivity index (χ0) is 22.9. The molecule has 4 rings (SSSR count). The first-order chi connectivity index (χ1) is 15.2. The lowest BCUT2D eigenvalue weighted by molar-refractivity contribution is -0.140. The SMILES string of the molecule is C=CC1CCC2CC(C3CCC(C(=O)Oc4ccc(C(F)(F)F)c(F)c4)CC3)CCC2C1. The van der Waals surface area contributed by atoms with Crippen molar-refractivity contribution in [1.29, 1.82) is 0 Å². The van der Waals surface area contributed by atoms with Crippen molar-refractivity contribution in [3.8, 4) is 5.75 Å². The highest BCUT2D eigenvalue weighted by Crippen LogP contribution is 2.49. The van der Waals surface area contributed by atoms with E-state index in [0.29, 0.717) is 24.0 Å². The van der Waals surface area contributed by atoms with Crippen LogP contribution in [0.4, 0.5) is 17.6 Å². The van der Waals surface area contributed by atoms with Crippen LogP contribution in [0.25, 0.3) is 0 Å². The van der Waals surface area contributed by atoms with Crippen LogP contribution < -0.4 is 4.74 Å². The van der Waals surface area contributed by atoms with Crippen LogP contribution in [0.5, 0.6) is 5.75 Å². The van der Waals surface area contributed by atoms with Gasteiger partial charge >= 0.3 is 12.1 Å². The first-order valence-corrected chi connectivity index (χ1v) is 12.0. The van der Waals surface area contributed by atoms with Crippen LogP contribution in [0, 0.1) is 41.3 Å². The third kappa shape index (κ3) is 5.20. The highest BCUT2D eigenvalue weighted by Gasteiger charge is 2.39. The molecule has 3 aliphatic carbocycles. The van der Waals surface area contributed by atoms with Crippen molar-refractivity contribution in [2.45, 2.75) is 70.4 Å². The number of ether oxygens (including phenoxy) is 1. The van der Waals surface area contributed by atoms with Gasteiger partial charge in [0.25, 0.3) is 0 Å². The van der Waals surface area contributed by atoms with Gasteiger partial charge < -0.3 is 4.74 Å². The van der Waals surface area contributed by atoms with Crippen LogP contribution in [0.2, 0.25) is 0 Å². The Hall–Kier alpha value is -1.85. The molecular formula is C26H32F4O2. The van der Waals surface area contributed by atoms with E-state index in [4.69, 9.17) is 4.74 Å². The van der Waals surface area contributed by atoms with Gasteiger partial charge in [0.2, 0.25) is 0 Å². The molecule has 0 aromatic heterocycles. The van der Waals surface area contributed by atoms with E-state index in [-0.39, 0.29) is 11.7 Å². The Labute approximate surface area is 187 Å². The summed E-state index contributed by atoms with van der Waals surface area (Å²) in [6.45, 7) is 3.97. The number of esters is 1. The molecule has 0 saturated heterocycles. The van der Waals surface area contributed by atoms with Crippen LogP contribution in [0.1, 0.15) is 69.8 Å². The monoisotopic (exact) mass is 452 g/mol. The topological polar surface area (TPSA) is 26.3 Å². The van der Waals surface area contributed by atoms with Crippen molar-refractivity contribution in [3.05, 3.63) is 42.2 Å². The van der Waals surface area contributed by atoms with Crippen LogP contribution >= 0.6 is 0 Å². The Balaban J connectivity index is 1.26. The maximum atomic E-state index is 13.7. The number of fused-ring (bicyclic) bond motifs is 1. The van der Waals surface area contributed by atoms with Gasteiger partial charge in [-0.05, 0) is 106 Å². The quantitative estimate of drug-likeness (QED) is 0.204. The van der Waals surface area contributed by atoms with Gasteiger partial charge in [0.1, 0.15) is 11.6 Å². The summed E-state index contributed by atoms with van der Waals surface area (Å²) in [5, 5.41) is 0. The zero-order valence-corrected chi connectivity index (χ0v) is 18.4. The van der Waals surface area contributed by atoms with E-state index in [1.807, 2.05) is 0 Å². The molecule has 2 nitrogen and oxygen atoms in total. The lowest BCUT2D eigenvalue weighted by Gasteiger charge is -2.45. The summed E-state index contributed by atoms with van der Waals surface area (Å²) in [4.78, 5) is 12.5. The third-order valence-electron chi connectivity index (χ3n) is 8.26. The molecule has 0 bridgehead atoms. The van der Waals surface area contributed by atoms with E-state index < -0.39 is 23.5 Å². The fourth-order valence-electron chi connectivity index (χ4n) is 6.42. The van der Waals surface area contributed by atoms with E-state index in [0.717, 1.165) is 49.5 Å². The average Bonchev–Trinajstić information content (AvgIpc) is 2.77. The molecule has 3 aliphatic rings. The maximum absolute atomic E-state index is 13.7. The molecule has 32 heavy (non-hydrogen) atoms. The van der Waals surface area contributed by atoms with Gasteiger partial charge in [-0.1, -0.05) is 6.08 Å². The van der Waals surface area contributed by atoms with Gasteiger partial charge in [-0.15, -0.1) is 6.58 Å². The molecule has 0 spiro atoms. The minimum absolute atomic E-state index is 0.170. The van der Waals surface area contributed by atoms with E-state index >= 15 is 0 Å². The van der Waals surface area contributed by atoms with Gasteiger partial charge in [0.05, 0.1) is 11.5 Å². The summed E-state index contributed by atoms with van der Waals surface area (Å²) in [5.41, 5.74) is -1.36. The van der Waals surface area contributed by atoms with Crippen molar-refractivity contribution in [3.63, 3.8) is 0 Å². The molecule has 3 saturated carbocycles. The van der Waals surface area contributed by atoms with Crippen LogP contribution in [-0.2, 0) is 11.0 Å². The molecule has 4 unspecified atom stereocenters. The van der Waals surface area contributed by atoms with E-state index in [9.17, 15) is 22.4 Å². The Kier molecular flexibility index (Phi) is 6.97. The number of benzene rings is 1. The summed E-state index contributed by atoms with van der Waals surface area (Å²) in [7, 11) is 0. The molecule has 1 aromatic carbocycles. The number of carbonyl (C=O) groups excluding carboxylic acids is 1. The number of hydrogen-bond donors (Lipinski definition) is 0. The lowest BCUT2D eigenvalue weighted by Crippen LogP contribution is -2.35. The Morgan fingerprint density at radius 2 is 1.50 bits per heavy atom. The molecule has 0 amide bonds. The van der Waals surface area contributed by atoms with Crippen molar-refractivity contribution in [2.75, 3.05) is 0 Å². The molecule has 0 heterocycles. The summed E-state index contributed by atoms with van der Waals surface area (Å²) in [6, 6.07) is 2.27. The van der Waals surface area contributed by atoms with E-state index in [1.54, 1.807) is 0 Å². The molecule has 0 radical (unpaired) electrons. The summed E-state index contributed by atoms with van der Waals surface area (Å²) in [5.74, 6) is 1.41. The Morgan fingerprint density at radius 3 is 2.12 bits per heavy atom. The van der Waals surface area contributed by atoms with Crippen molar-refractivity contribution in [1.82, 2.24) is 0 Å². The van der Waals surface area contributed by atoms with E-state index in [2.05, 4.69) is 12.7 Å². The van der Waals surface area contributed by atoms with Gasteiger partial charge in [-0.25, -0.2) is 4.39 Å². The molecule has 0 N–H and O–H groups in total. The Morgan fingerprint density at radius 1 is 0.906 bits per heavy atom. The van der Waals surface area contributed by atoms with Crippen LogP contribution in [0.3, 0.4) is 0 Å². The first-order valence-electron chi connectivity index (χ1n) is 12.0. The summed E-state index contributed by atoms with van der Waals surface area (Å²) in [6.07, 6.45) is 8.54. The molecule has 3 fully saturated rings. The number of alkyl halides is 3. The first kappa shape index (κ1) is 23.3. The predicted molar refractivity (Wildman–Crippen MR) is 114 cm³/mol. The second-order valence-corrected chi connectivity index (χ2v) is 10.1. The van der Waals surface area contributed by atoms with Gasteiger partial charge in [0.15, 0.2) is 0 Å². The highest BCUT2D eigenvalue weighted by molar-refractivity contribution is 5.75. The second-order valence-electron chi connectivity index (χ2n) is 10.1. The van der Waals surface area contributed by atoms with Crippen molar-refractivity contribution in [2.24, 2.45) is 35.5 Å². The lowest BCUT2D eigenvalue weighted by atomic mass is 9.61. The molecule has 0 aliphatic heterocycles. The number of rotatable bonds is 4. The van der Waals surface area contributed by atoms with Gasteiger partial charge in [-0.2, -0.15) is 13.2 Å². The van der Waals surface area contributed by atoms with Gasteiger partial charge in [0, 0.05) is 6.07 Å². The number of allylic oxidation sites excluding steroid dienone is 1. The van der Waals surface area contributed by atoms with Gasteiger partial charge in [-0.3, -0.25) is 4.79 Å². The second kappa shape index (κ2) is 9.56. The minimum atomic E-state index is -4.77. The summed E-state index contributed by atoms with van der Waals surface area (Å²) < 4.78 is 57.1. The van der Waals surface area contributed by atoms with Crippen molar-refractivity contribution >= 4 is 5.97 Å². The third-order valence-corrected chi connectivity index (χ3v) is 8.26. The standard InChI is InChI=1S/C26H32F4O2/c1-2-16-3-4-21-14-20(10-9-19(21)13-16)17-5-7-18(8-6-17)25(31)32-22-11-12-23(24(27)15-22)26(28,29)30/h2,11-12,15-21H,1,3-10,13-14H2. The molecule has 4 atom stereocenters. The fourth-order valence-corrected chi connectivity index (χ4v) is 6.42. The maximum Gasteiger partial charge on any atom is 0.419 e. The highest BCUT2D eigenvalue weighted by atomic mass is 19.4. The average molecular weight is 453 g/mol. The number of carbonyl (C=O) groups is 1. The van der Waals surface area contributed by atoms with Crippen LogP contribution in [0.15, 0.2) is 30.9 Å².